The lowest BCUT2D eigenvalue weighted by molar-refractivity contribution is -0.128. The molecule has 176 valence electrons. The first-order valence-corrected chi connectivity index (χ1v) is 11.8. The fourth-order valence-corrected chi connectivity index (χ4v) is 4.65. The molecule has 0 radical (unpaired) electrons. The van der Waals surface area contributed by atoms with Crippen molar-refractivity contribution in [1.82, 2.24) is 9.80 Å². The smallest absolute Gasteiger partial charge is 0.253 e. The van der Waals surface area contributed by atoms with E-state index < -0.39 is 5.82 Å². The summed E-state index contributed by atoms with van der Waals surface area (Å²) >= 11 is 0. The van der Waals surface area contributed by atoms with Gasteiger partial charge in [0.05, 0.1) is 12.7 Å². The second-order valence-corrected chi connectivity index (χ2v) is 8.89. The summed E-state index contributed by atoms with van der Waals surface area (Å²) in [5.74, 6) is 0.806. The van der Waals surface area contributed by atoms with Gasteiger partial charge in [-0.1, -0.05) is 37.6 Å². The predicted octanol–water partition coefficient (Wildman–Crippen LogP) is 5.14. The van der Waals surface area contributed by atoms with Gasteiger partial charge in [0.1, 0.15) is 17.6 Å². The molecule has 5 nitrogen and oxygen atoms in total. The average Bonchev–Trinajstić information content (AvgIpc) is 2.89. The Bertz CT molecular complexity index is 1150. The summed E-state index contributed by atoms with van der Waals surface area (Å²) in [6.07, 6.45) is 7.10. The number of benzene rings is 2. The number of halogens is 1. The summed E-state index contributed by atoms with van der Waals surface area (Å²) in [4.78, 5) is 17.4. The highest BCUT2D eigenvalue weighted by Crippen LogP contribution is 2.30. The van der Waals surface area contributed by atoms with Crippen molar-refractivity contribution in [2.45, 2.75) is 32.7 Å². The van der Waals surface area contributed by atoms with E-state index in [4.69, 9.17) is 10.00 Å². The minimum absolute atomic E-state index is 0.00706. The third-order valence-electron chi connectivity index (χ3n) is 6.71. The number of nitriles is 1. The molecule has 1 atom stereocenters. The highest BCUT2D eigenvalue weighted by Gasteiger charge is 2.27. The van der Waals surface area contributed by atoms with Crippen LogP contribution in [-0.4, -0.2) is 42.5 Å². The van der Waals surface area contributed by atoms with Crippen LogP contribution < -0.4 is 4.74 Å². The number of methoxy groups -OCH3 is 1. The first-order chi connectivity index (χ1) is 16.5. The monoisotopic (exact) mass is 459 g/mol. The van der Waals surface area contributed by atoms with Crippen molar-refractivity contribution < 1.29 is 13.9 Å². The number of nitrogens with zero attached hydrogens (tertiary/aromatic N) is 3. The fourth-order valence-electron chi connectivity index (χ4n) is 4.65. The van der Waals surface area contributed by atoms with Crippen LogP contribution >= 0.6 is 0 Å². The van der Waals surface area contributed by atoms with Crippen LogP contribution in [0.15, 0.2) is 60.2 Å². The highest BCUT2D eigenvalue weighted by atomic mass is 19.1. The molecule has 2 heterocycles. The lowest BCUT2D eigenvalue weighted by Crippen LogP contribution is -2.41. The summed E-state index contributed by atoms with van der Waals surface area (Å²) in [6, 6.07) is 14.3. The molecule has 2 aliphatic rings. The number of carbonyl (C=O) groups excluding carboxylic acids is 1. The predicted molar refractivity (Wildman–Crippen MR) is 130 cm³/mol. The summed E-state index contributed by atoms with van der Waals surface area (Å²) in [6.45, 7) is 4.86. The van der Waals surface area contributed by atoms with E-state index in [1.165, 1.54) is 18.6 Å². The minimum Gasteiger partial charge on any atom is -0.497 e. The van der Waals surface area contributed by atoms with Gasteiger partial charge in [-0.05, 0) is 54.7 Å². The van der Waals surface area contributed by atoms with E-state index in [0.29, 0.717) is 30.1 Å². The maximum Gasteiger partial charge on any atom is 0.253 e. The van der Waals surface area contributed by atoms with Gasteiger partial charge in [0, 0.05) is 43.0 Å². The van der Waals surface area contributed by atoms with Crippen LogP contribution in [0.3, 0.4) is 0 Å². The Hall–Kier alpha value is -3.59. The summed E-state index contributed by atoms with van der Waals surface area (Å²) in [5.41, 5.74) is 3.14. The lowest BCUT2D eigenvalue weighted by Gasteiger charge is -2.35. The standard InChI is InChI=1S/C28H30FN3O2/c1-3-20-5-4-13-32(18-20)28(33)23-12-14-31(19-21-6-10-25(34-2)11-7-21)27(16-23)22-8-9-24(17-30)26(29)15-22/h6-12,15-16,20H,3-5,13-14,18-19H2,1-2H3/t20-/m1/s1. The molecule has 1 saturated heterocycles. The second kappa shape index (κ2) is 10.6. The number of hydrogen-bond donors (Lipinski definition) is 0. The van der Waals surface area contributed by atoms with Crippen LogP contribution in [0.2, 0.25) is 0 Å². The fraction of sp³-hybridized carbons (Fsp3) is 0.357. The Morgan fingerprint density at radius 3 is 2.71 bits per heavy atom. The van der Waals surface area contributed by atoms with E-state index in [1.807, 2.05) is 47.4 Å². The van der Waals surface area contributed by atoms with Crippen LogP contribution in [0.4, 0.5) is 4.39 Å². The van der Waals surface area contributed by atoms with E-state index >= 15 is 0 Å². The number of carbonyl (C=O) groups is 1. The molecule has 0 aromatic heterocycles. The summed E-state index contributed by atoms with van der Waals surface area (Å²) in [7, 11) is 1.63. The van der Waals surface area contributed by atoms with Crippen molar-refractivity contribution in [3.8, 4) is 11.8 Å². The second-order valence-electron chi connectivity index (χ2n) is 8.89. The van der Waals surface area contributed by atoms with Crippen LogP contribution in [-0.2, 0) is 11.3 Å². The molecular formula is C28H30FN3O2. The molecule has 0 bridgehead atoms. The van der Waals surface area contributed by atoms with Crippen molar-refractivity contribution in [3.63, 3.8) is 0 Å². The van der Waals surface area contributed by atoms with Gasteiger partial charge in [-0.3, -0.25) is 4.79 Å². The number of rotatable bonds is 6. The van der Waals surface area contributed by atoms with Crippen LogP contribution in [0.25, 0.3) is 5.70 Å². The number of hydrogen-bond acceptors (Lipinski definition) is 4. The van der Waals surface area contributed by atoms with E-state index in [-0.39, 0.29) is 11.5 Å². The van der Waals surface area contributed by atoms with Gasteiger partial charge in [0.15, 0.2) is 0 Å². The van der Waals surface area contributed by atoms with Crippen molar-refractivity contribution in [2.75, 3.05) is 26.7 Å². The SMILES string of the molecule is CC[C@@H]1CCCN(C(=O)C2=CCN(Cc3ccc(OC)cc3)C(c3ccc(C#N)c(F)c3)=C2)C1. The topological polar surface area (TPSA) is 56.6 Å². The zero-order valence-electron chi connectivity index (χ0n) is 19.8. The zero-order valence-corrected chi connectivity index (χ0v) is 19.8. The maximum absolute atomic E-state index is 14.5. The minimum atomic E-state index is -0.561. The van der Waals surface area contributed by atoms with Crippen LogP contribution in [0, 0.1) is 23.1 Å². The van der Waals surface area contributed by atoms with Crippen molar-refractivity contribution in [2.24, 2.45) is 5.92 Å². The lowest BCUT2D eigenvalue weighted by atomic mass is 9.94. The quantitative estimate of drug-likeness (QED) is 0.600. The third kappa shape index (κ3) is 5.14. The maximum atomic E-state index is 14.5. The molecular weight excluding hydrogens is 429 g/mol. The summed E-state index contributed by atoms with van der Waals surface area (Å²) < 4.78 is 19.8. The number of ether oxygens (including phenoxy) is 1. The molecule has 2 aromatic rings. The molecule has 0 spiro atoms. The molecule has 1 amide bonds. The molecule has 2 aliphatic heterocycles. The number of amides is 1. The van der Waals surface area contributed by atoms with Gasteiger partial charge in [0.2, 0.25) is 0 Å². The van der Waals surface area contributed by atoms with Gasteiger partial charge in [-0.2, -0.15) is 5.26 Å². The van der Waals surface area contributed by atoms with Crippen molar-refractivity contribution >= 4 is 11.6 Å². The summed E-state index contributed by atoms with van der Waals surface area (Å²) in [5, 5.41) is 9.13. The van der Waals surface area contributed by atoms with E-state index in [2.05, 4.69) is 11.8 Å². The molecule has 0 aliphatic carbocycles. The first kappa shape index (κ1) is 23.6. The molecule has 0 unspecified atom stereocenters. The van der Waals surface area contributed by atoms with E-state index in [0.717, 1.165) is 42.9 Å². The Morgan fingerprint density at radius 2 is 2.03 bits per heavy atom. The Morgan fingerprint density at radius 1 is 1.24 bits per heavy atom. The van der Waals surface area contributed by atoms with Gasteiger partial charge >= 0.3 is 0 Å². The van der Waals surface area contributed by atoms with Crippen molar-refractivity contribution in [1.29, 1.82) is 5.26 Å². The van der Waals surface area contributed by atoms with E-state index in [9.17, 15) is 9.18 Å². The van der Waals surface area contributed by atoms with Crippen LogP contribution in [0.1, 0.15) is 42.9 Å². The number of piperidine rings is 1. The Balaban J connectivity index is 1.63. The Kier molecular flexibility index (Phi) is 7.32. The molecule has 1 fully saturated rings. The highest BCUT2D eigenvalue weighted by molar-refractivity contribution is 5.98. The van der Waals surface area contributed by atoms with Crippen molar-refractivity contribution in [3.05, 3.63) is 82.7 Å². The van der Waals surface area contributed by atoms with Gasteiger partial charge in [-0.15, -0.1) is 0 Å². The average molecular weight is 460 g/mol. The van der Waals surface area contributed by atoms with Gasteiger partial charge in [-0.25, -0.2) is 4.39 Å². The Labute approximate surface area is 200 Å². The molecule has 2 aromatic carbocycles. The normalized spacial score (nSPS) is 18.1. The zero-order chi connectivity index (χ0) is 24.1. The molecule has 6 heteroatoms. The van der Waals surface area contributed by atoms with Crippen LogP contribution in [0.5, 0.6) is 5.75 Å². The molecule has 0 saturated carbocycles. The molecule has 0 N–H and O–H groups in total. The largest absolute Gasteiger partial charge is 0.497 e. The molecule has 4 rings (SSSR count). The first-order valence-electron chi connectivity index (χ1n) is 11.8. The van der Waals surface area contributed by atoms with Gasteiger partial charge < -0.3 is 14.5 Å². The third-order valence-corrected chi connectivity index (χ3v) is 6.71. The van der Waals surface area contributed by atoms with Gasteiger partial charge in [0.25, 0.3) is 5.91 Å². The van der Waals surface area contributed by atoms with E-state index in [1.54, 1.807) is 13.2 Å². The molecule has 34 heavy (non-hydrogen) atoms. The number of likely N-dealkylation sites (tertiary alicyclic amines) is 1.